The average Bonchev–Trinajstić information content (AvgIpc) is 2.34. The highest BCUT2D eigenvalue weighted by molar-refractivity contribution is 6.40. The molecule has 1 aromatic rings. The lowest BCUT2D eigenvalue weighted by Crippen LogP contribution is -2.19. The second-order valence-electron chi connectivity index (χ2n) is 2.18. The lowest BCUT2D eigenvalue weighted by atomic mass is 9.86. The van der Waals surface area contributed by atoms with E-state index >= 15 is 0 Å². The van der Waals surface area contributed by atoms with E-state index in [1.807, 2.05) is 6.92 Å². The fourth-order valence-corrected chi connectivity index (χ4v) is 0.874. The van der Waals surface area contributed by atoms with E-state index in [4.69, 9.17) is 10.0 Å². The molecular weight excluding hydrogens is 145 g/mol. The quantitative estimate of drug-likeness (QED) is 0.540. The summed E-state index contributed by atoms with van der Waals surface area (Å²) >= 11 is 0. The van der Waals surface area contributed by atoms with Gasteiger partial charge in [0.05, 0.1) is 0 Å². The van der Waals surface area contributed by atoms with Crippen molar-refractivity contribution in [3.8, 4) is 0 Å². The van der Waals surface area contributed by atoms with Crippen LogP contribution < -0.4 is 0 Å². The molecule has 6 heteroatoms. The molecule has 0 unspecified atom stereocenters. The first kappa shape index (κ1) is 8.22. The molecule has 0 saturated carbocycles. The minimum atomic E-state index is -1.34. The van der Waals surface area contributed by atoms with Crippen LogP contribution in [-0.4, -0.2) is 31.9 Å². The predicted octanol–water partition coefficient (Wildman–Crippen LogP) is -1.15. The maximum Gasteiger partial charge on any atom is 0.459 e. The number of nitrogens with zero attached hydrogens (tertiary/aromatic N) is 3. The normalized spacial score (nSPS) is 10.1. The van der Waals surface area contributed by atoms with Crippen molar-refractivity contribution in [2.75, 3.05) is 0 Å². The van der Waals surface area contributed by atoms with Crippen LogP contribution in [-0.2, 0) is 12.9 Å². The predicted molar refractivity (Wildman–Crippen MR) is 39.6 cm³/mol. The van der Waals surface area contributed by atoms with Crippen LogP contribution in [0.5, 0.6) is 0 Å². The second-order valence-corrected chi connectivity index (χ2v) is 2.18. The van der Waals surface area contributed by atoms with Gasteiger partial charge in [-0.1, -0.05) is 0 Å². The molecule has 1 aromatic heterocycles. The van der Waals surface area contributed by atoms with Crippen molar-refractivity contribution >= 4 is 7.12 Å². The summed E-state index contributed by atoms with van der Waals surface area (Å²) in [5.41, 5.74) is 0. The average molecular weight is 155 g/mol. The van der Waals surface area contributed by atoms with Gasteiger partial charge in [-0.15, -0.1) is 0 Å². The third-order valence-electron chi connectivity index (χ3n) is 1.36. The van der Waals surface area contributed by atoms with E-state index < -0.39 is 7.12 Å². The van der Waals surface area contributed by atoms with Crippen LogP contribution in [0.1, 0.15) is 12.7 Å². The lowest BCUT2D eigenvalue weighted by molar-refractivity contribution is 0.401. The monoisotopic (exact) mass is 155 g/mol. The van der Waals surface area contributed by atoms with Crippen molar-refractivity contribution in [2.24, 2.45) is 0 Å². The Labute approximate surface area is 64.8 Å². The summed E-state index contributed by atoms with van der Waals surface area (Å²) in [6.45, 7) is 2.62. The maximum atomic E-state index is 8.62. The van der Waals surface area contributed by atoms with Crippen molar-refractivity contribution in [1.29, 1.82) is 0 Å². The number of aryl methyl sites for hydroxylation is 1. The minimum absolute atomic E-state index is 0.133. The van der Waals surface area contributed by atoms with Crippen molar-refractivity contribution < 1.29 is 10.0 Å². The van der Waals surface area contributed by atoms with E-state index in [1.165, 1.54) is 6.33 Å². The molecule has 0 aliphatic rings. The molecule has 0 aliphatic heterocycles. The Balaban J connectivity index is 2.68. The number of hydrogen-bond donors (Lipinski definition) is 2. The fraction of sp³-hybridized carbons (Fsp3) is 0.600. The van der Waals surface area contributed by atoms with Crippen LogP contribution in [0.25, 0.3) is 0 Å². The molecule has 60 valence electrons. The third kappa shape index (κ3) is 2.02. The first-order chi connectivity index (χ1) is 5.24. The molecule has 0 spiro atoms. The van der Waals surface area contributed by atoms with Crippen LogP contribution in [0.2, 0.25) is 0 Å². The summed E-state index contributed by atoms with van der Waals surface area (Å²) in [5, 5.41) is 21.1. The highest BCUT2D eigenvalue weighted by Gasteiger charge is 2.12. The molecule has 0 fully saturated rings. The van der Waals surface area contributed by atoms with Gasteiger partial charge in [0, 0.05) is 12.9 Å². The van der Waals surface area contributed by atoms with Gasteiger partial charge in [-0.25, -0.2) is 4.98 Å². The van der Waals surface area contributed by atoms with Crippen LogP contribution in [0, 0.1) is 0 Å². The van der Waals surface area contributed by atoms with E-state index in [1.54, 1.807) is 4.68 Å². The summed E-state index contributed by atoms with van der Waals surface area (Å²) in [6, 6.07) is 0. The molecule has 1 heterocycles. The Hall–Kier alpha value is -0.875. The van der Waals surface area contributed by atoms with Crippen LogP contribution in [0.4, 0.5) is 0 Å². The van der Waals surface area contributed by atoms with Crippen molar-refractivity contribution in [2.45, 2.75) is 19.8 Å². The lowest BCUT2D eigenvalue weighted by Gasteiger charge is -2.00. The van der Waals surface area contributed by atoms with Crippen molar-refractivity contribution in [3.63, 3.8) is 0 Å². The van der Waals surface area contributed by atoms with Gasteiger partial charge in [-0.3, -0.25) is 4.68 Å². The van der Waals surface area contributed by atoms with E-state index in [-0.39, 0.29) is 6.32 Å². The highest BCUT2D eigenvalue weighted by Crippen LogP contribution is 1.95. The van der Waals surface area contributed by atoms with E-state index in [0.29, 0.717) is 12.4 Å². The van der Waals surface area contributed by atoms with Crippen LogP contribution in [0.15, 0.2) is 6.33 Å². The van der Waals surface area contributed by atoms with Gasteiger partial charge < -0.3 is 10.0 Å². The number of aromatic nitrogens is 3. The summed E-state index contributed by atoms with van der Waals surface area (Å²) in [6.07, 6.45) is 1.54. The zero-order valence-corrected chi connectivity index (χ0v) is 6.30. The fourth-order valence-electron chi connectivity index (χ4n) is 0.874. The van der Waals surface area contributed by atoms with Gasteiger partial charge in [-0.05, 0) is 6.92 Å². The Morgan fingerprint density at radius 2 is 2.36 bits per heavy atom. The van der Waals surface area contributed by atoms with E-state index in [9.17, 15) is 0 Å². The molecule has 1 rings (SSSR count). The van der Waals surface area contributed by atoms with Crippen molar-refractivity contribution in [3.05, 3.63) is 12.2 Å². The Morgan fingerprint density at radius 1 is 1.64 bits per heavy atom. The molecule has 2 N–H and O–H groups in total. The first-order valence-electron chi connectivity index (χ1n) is 3.47. The smallest absolute Gasteiger partial charge is 0.427 e. The molecule has 0 radical (unpaired) electrons. The zero-order valence-electron chi connectivity index (χ0n) is 6.30. The largest absolute Gasteiger partial charge is 0.459 e. The Kier molecular flexibility index (Phi) is 2.61. The van der Waals surface area contributed by atoms with Crippen LogP contribution >= 0.6 is 0 Å². The van der Waals surface area contributed by atoms with Gasteiger partial charge in [-0.2, -0.15) is 5.10 Å². The summed E-state index contributed by atoms with van der Waals surface area (Å²) in [7, 11) is -1.34. The molecule has 5 nitrogen and oxygen atoms in total. The molecule has 0 bridgehead atoms. The van der Waals surface area contributed by atoms with Crippen molar-refractivity contribution in [1.82, 2.24) is 14.8 Å². The molecule has 0 saturated heterocycles. The van der Waals surface area contributed by atoms with Gasteiger partial charge in [0.1, 0.15) is 12.2 Å². The standard InChI is InChI=1S/C5H10BN3O2/c1-2-9-5(3-6(10)11)7-4-8-9/h4,10-11H,2-3H2,1H3. The topological polar surface area (TPSA) is 71.2 Å². The first-order valence-corrected chi connectivity index (χ1v) is 3.47. The van der Waals surface area contributed by atoms with Gasteiger partial charge in [0.15, 0.2) is 0 Å². The van der Waals surface area contributed by atoms with Gasteiger partial charge in [0.2, 0.25) is 0 Å². The molecule has 0 aromatic carbocycles. The zero-order chi connectivity index (χ0) is 8.27. The molecule has 11 heavy (non-hydrogen) atoms. The SMILES string of the molecule is CCn1ncnc1CB(O)O. The number of rotatable bonds is 3. The molecular formula is C5H10BN3O2. The van der Waals surface area contributed by atoms with E-state index in [0.717, 1.165) is 0 Å². The summed E-state index contributed by atoms with van der Waals surface area (Å²) < 4.78 is 1.62. The second kappa shape index (κ2) is 3.50. The van der Waals surface area contributed by atoms with E-state index in [2.05, 4.69) is 10.1 Å². The Bertz CT molecular complexity index is 225. The highest BCUT2D eigenvalue weighted by atomic mass is 16.4. The van der Waals surface area contributed by atoms with Gasteiger partial charge >= 0.3 is 7.12 Å². The minimum Gasteiger partial charge on any atom is -0.427 e. The third-order valence-corrected chi connectivity index (χ3v) is 1.36. The van der Waals surface area contributed by atoms with Crippen LogP contribution in [0.3, 0.4) is 0 Å². The molecule has 0 atom stereocenters. The molecule has 0 aliphatic carbocycles. The van der Waals surface area contributed by atoms with Gasteiger partial charge in [0.25, 0.3) is 0 Å². The maximum absolute atomic E-state index is 8.62. The number of hydrogen-bond acceptors (Lipinski definition) is 4. The summed E-state index contributed by atoms with van der Waals surface area (Å²) in [5.74, 6) is 0.600. The molecule has 0 amide bonds. The summed E-state index contributed by atoms with van der Waals surface area (Å²) in [4.78, 5) is 3.86. The Morgan fingerprint density at radius 3 is 2.91 bits per heavy atom.